The molecule has 0 bridgehead atoms. The maximum absolute atomic E-state index is 12.0. The van der Waals surface area contributed by atoms with Gasteiger partial charge in [-0.3, -0.25) is 30.6 Å². The van der Waals surface area contributed by atoms with Crippen molar-refractivity contribution in [3.05, 3.63) is 62.6 Å². The molecular formula is C18H18BrN3O6. The fourth-order valence-corrected chi connectivity index (χ4v) is 2.65. The highest BCUT2D eigenvalue weighted by Gasteiger charge is 2.16. The monoisotopic (exact) mass is 451 g/mol. The number of nitrogens with one attached hydrogen (secondary N) is 2. The number of nitro benzene ring substituents is 1. The van der Waals surface area contributed by atoms with Gasteiger partial charge in [-0.05, 0) is 59.6 Å². The first-order chi connectivity index (χ1) is 13.3. The molecule has 2 amide bonds. The molecule has 2 aromatic rings. The average Bonchev–Trinajstić information content (AvgIpc) is 2.65. The first-order valence-electron chi connectivity index (χ1n) is 8.15. The van der Waals surface area contributed by atoms with Crippen LogP contribution in [-0.4, -0.2) is 29.4 Å². The van der Waals surface area contributed by atoms with Crippen LogP contribution in [-0.2, 0) is 9.59 Å². The predicted octanol–water partition coefficient (Wildman–Crippen LogP) is 2.66. The molecule has 0 aromatic heterocycles. The SMILES string of the molecule is Cc1ccc(OCC(=O)NNC(=O)C(C)Oc2ccc([N+](=O)[O-])cc2)c(Br)c1. The second-order valence-corrected chi connectivity index (χ2v) is 6.63. The van der Waals surface area contributed by atoms with Crippen molar-refractivity contribution in [2.75, 3.05) is 6.61 Å². The number of hydrazine groups is 1. The molecule has 0 saturated heterocycles. The van der Waals surface area contributed by atoms with E-state index in [0.29, 0.717) is 5.75 Å². The fourth-order valence-electron chi connectivity index (χ4n) is 2.04. The van der Waals surface area contributed by atoms with Gasteiger partial charge >= 0.3 is 0 Å². The van der Waals surface area contributed by atoms with Crippen LogP contribution in [0.5, 0.6) is 11.5 Å². The molecule has 1 atom stereocenters. The molecule has 2 N–H and O–H groups in total. The number of non-ortho nitro benzene ring substituents is 1. The molecule has 28 heavy (non-hydrogen) atoms. The molecule has 1 unspecified atom stereocenters. The molecule has 10 heteroatoms. The number of carbonyl (C=O) groups is 2. The number of halogens is 1. The lowest BCUT2D eigenvalue weighted by atomic mass is 10.2. The Kier molecular flexibility index (Phi) is 7.33. The lowest BCUT2D eigenvalue weighted by Crippen LogP contribution is -2.48. The number of ether oxygens (including phenoxy) is 2. The number of hydrogen-bond acceptors (Lipinski definition) is 6. The van der Waals surface area contributed by atoms with Gasteiger partial charge in [-0.25, -0.2) is 0 Å². The second-order valence-electron chi connectivity index (χ2n) is 5.77. The van der Waals surface area contributed by atoms with Crippen LogP contribution < -0.4 is 20.3 Å². The summed E-state index contributed by atoms with van der Waals surface area (Å²) in [5, 5.41) is 10.6. The van der Waals surface area contributed by atoms with E-state index in [4.69, 9.17) is 9.47 Å². The predicted molar refractivity (Wildman–Crippen MR) is 104 cm³/mol. The average molecular weight is 452 g/mol. The highest BCUT2D eigenvalue weighted by molar-refractivity contribution is 9.10. The maximum Gasteiger partial charge on any atom is 0.279 e. The molecule has 0 heterocycles. The summed E-state index contributed by atoms with van der Waals surface area (Å²) in [4.78, 5) is 33.9. The molecule has 0 aliphatic rings. The summed E-state index contributed by atoms with van der Waals surface area (Å²) in [6, 6.07) is 10.7. The van der Waals surface area contributed by atoms with E-state index in [1.165, 1.54) is 31.2 Å². The molecule has 0 saturated carbocycles. The van der Waals surface area contributed by atoms with Gasteiger partial charge in [-0.15, -0.1) is 0 Å². The lowest BCUT2D eigenvalue weighted by Gasteiger charge is -2.15. The van der Waals surface area contributed by atoms with Crippen molar-refractivity contribution in [3.8, 4) is 11.5 Å². The summed E-state index contributed by atoms with van der Waals surface area (Å²) in [6.45, 7) is 3.11. The van der Waals surface area contributed by atoms with E-state index in [-0.39, 0.29) is 18.0 Å². The maximum atomic E-state index is 12.0. The van der Waals surface area contributed by atoms with Gasteiger partial charge in [0.2, 0.25) is 0 Å². The largest absolute Gasteiger partial charge is 0.483 e. The third kappa shape index (κ3) is 6.23. The Hall–Kier alpha value is -3.14. The van der Waals surface area contributed by atoms with Crippen LogP contribution in [0.1, 0.15) is 12.5 Å². The minimum Gasteiger partial charge on any atom is -0.483 e. The molecule has 0 fully saturated rings. The molecule has 0 radical (unpaired) electrons. The number of benzene rings is 2. The van der Waals surface area contributed by atoms with Crippen LogP contribution >= 0.6 is 15.9 Å². The van der Waals surface area contributed by atoms with E-state index in [0.717, 1.165) is 10.0 Å². The third-order valence-electron chi connectivity index (χ3n) is 3.50. The van der Waals surface area contributed by atoms with Crippen molar-refractivity contribution in [2.24, 2.45) is 0 Å². The topological polar surface area (TPSA) is 120 Å². The van der Waals surface area contributed by atoms with Gasteiger partial charge in [0, 0.05) is 12.1 Å². The molecule has 0 aliphatic carbocycles. The van der Waals surface area contributed by atoms with E-state index in [2.05, 4.69) is 26.8 Å². The highest BCUT2D eigenvalue weighted by atomic mass is 79.9. The number of hydrogen-bond donors (Lipinski definition) is 2. The van der Waals surface area contributed by atoms with Crippen LogP contribution in [0.2, 0.25) is 0 Å². The summed E-state index contributed by atoms with van der Waals surface area (Å²) >= 11 is 3.34. The van der Waals surface area contributed by atoms with Crippen LogP contribution in [0.3, 0.4) is 0 Å². The summed E-state index contributed by atoms with van der Waals surface area (Å²) < 4.78 is 11.5. The van der Waals surface area contributed by atoms with E-state index in [9.17, 15) is 19.7 Å². The summed E-state index contributed by atoms with van der Waals surface area (Å²) in [7, 11) is 0. The Balaban J connectivity index is 1.77. The zero-order valence-corrected chi connectivity index (χ0v) is 16.7. The summed E-state index contributed by atoms with van der Waals surface area (Å²) in [6.07, 6.45) is -0.936. The first-order valence-corrected chi connectivity index (χ1v) is 8.94. The van der Waals surface area contributed by atoms with Crippen molar-refractivity contribution in [1.82, 2.24) is 10.9 Å². The Labute approximate surface area is 169 Å². The van der Waals surface area contributed by atoms with E-state index in [1.807, 2.05) is 19.1 Å². The molecule has 0 spiro atoms. The van der Waals surface area contributed by atoms with Crippen molar-refractivity contribution in [2.45, 2.75) is 20.0 Å². The van der Waals surface area contributed by atoms with Crippen LogP contribution in [0.4, 0.5) is 5.69 Å². The fraction of sp³-hybridized carbons (Fsp3) is 0.222. The van der Waals surface area contributed by atoms with Gasteiger partial charge < -0.3 is 9.47 Å². The number of carbonyl (C=O) groups excluding carboxylic acids is 2. The van der Waals surface area contributed by atoms with Crippen molar-refractivity contribution in [3.63, 3.8) is 0 Å². The highest BCUT2D eigenvalue weighted by Crippen LogP contribution is 2.25. The second kappa shape index (κ2) is 9.70. The molecule has 148 valence electrons. The van der Waals surface area contributed by atoms with Crippen LogP contribution in [0, 0.1) is 17.0 Å². The number of nitrogens with zero attached hydrogens (tertiary/aromatic N) is 1. The molecule has 2 aromatic carbocycles. The minimum atomic E-state index is -0.936. The van der Waals surface area contributed by atoms with Gasteiger partial charge in [0.25, 0.3) is 17.5 Å². The Bertz CT molecular complexity index is 872. The van der Waals surface area contributed by atoms with Gasteiger partial charge in [-0.1, -0.05) is 6.07 Å². The van der Waals surface area contributed by atoms with Gasteiger partial charge in [-0.2, -0.15) is 0 Å². The number of amides is 2. The number of nitro groups is 1. The molecule has 2 rings (SSSR count). The van der Waals surface area contributed by atoms with Crippen molar-refractivity contribution in [1.29, 1.82) is 0 Å². The molecule has 9 nitrogen and oxygen atoms in total. The standard InChI is InChI=1S/C18H18BrN3O6/c1-11-3-8-16(15(19)9-11)27-10-17(23)20-21-18(24)12(2)28-14-6-4-13(5-7-14)22(25)26/h3-9,12H,10H2,1-2H3,(H,20,23)(H,21,24). The van der Waals surface area contributed by atoms with E-state index >= 15 is 0 Å². The smallest absolute Gasteiger partial charge is 0.279 e. The zero-order valence-electron chi connectivity index (χ0n) is 15.1. The van der Waals surface area contributed by atoms with Crippen molar-refractivity contribution >= 4 is 33.4 Å². The Morgan fingerprint density at radius 1 is 1.18 bits per heavy atom. The summed E-state index contributed by atoms with van der Waals surface area (Å²) in [5.41, 5.74) is 5.41. The number of rotatable bonds is 7. The van der Waals surface area contributed by atoms with Crippen LogP contribution in [0.25, 0.3) is 0 Å². The van der Waals surface area contributed by atoms with Gasteiger partial charge in [0.05, 0.1) is 9.40 Å². The minimum absolute atomic E-state index is 0.0862. The molecular weight excluding hydrogens is 434 g/mol. The third-order valence-corrected chi connectivity index (χ3v) is 4.12. The number of aryl methyl sites for hydroxylation is 1. The lowest BCUT2D eigenvalue weighted by molar-refractivity contribution is -0.384. The quantitative estimate of drug-likeness (QED) is 0.493. The van der Waals surface area contributed by atoms with Gasteiger partial charge in [0.1, 0.15) is 11.5 Å². The van der Waals surface area contributed by atoms with Crippen molar-refractivity contribution < 1.29 is 24.0 Å². The Morgan fingerprint density at radius 2 is 1.86 bits per heavy atom. The zero-order chi connectivity index (χ0) is 20.7. The summed E-state index contributed by atoms with van der Waals surface area (Å²) in [5.74, 6) is -0.360. The van der Waals surface area contributed by atoms with E-state index in [1.54, 1.807) is 6.07 Å². The van der Waals surface area contributed by atoms with Gasteiger partial charge in [0.15, 0.2) is 12.7 Å². The normalized spacial score (nSPS) is 11.2. The van der Waals surface area contributed by atoms with Crippen LogP contribution in [0.15, 0.2) is 46.9 Å². The molecule has 0 aliphatic heterocycles. The Morgan fingerprint density at radius 3 is 2.46 bits per heavy atom. The van der Waals surface area contributed by atoms with E-state index < -0.39 is 22.8 Å². The first kappa shape index (κ1) is 21.2.